The molecule has 1 aromatic rings. The summed E-state index contributed by atoms with van der Waals surface area (Å²) in [6.07, 6.45) is 9.44. The Morgan fingerprint density at radius 2 is 1.71 bits per heavy atom. The molecule has 0 spiro atoms. The number of hydrogen-bond acceptors (Lipinski definition) is 5. The lowest BCUT2D eigenvalue weighted by Gasteiger charge is -2.42. The third-order valence-corrected chi connectivity index (χ3v) is 9.70. The van der Waals surface area contributed by atoms with Crippen LogP contribution >= 0.6 is 0 Å². The molecule has 2 heterocycles. The lowest BCUT2D eigenvalue weighted by Crippen LogP contribution is -2.55. The first-order valence-electron chi connectivity index (χ1n) is 13.5. The Bertz CT molecular complexity index is 886. The van der Waals surface area contributed by atoms with Crippen LogP contribution in [0.1, 0.15) is 70.3 Å². The fraction of sp³-hybridized carbons (Fsp3) is 0.741. The number of nitrogens with zero attached hydrogens (tertiary/aromatic N) is 3. The molecular formula is C27H43N3O3S. The molecule has 4 rings (SSSR count). The Morgan fingerprint density at radius 3 is 2.38 bits per heavy atom. The monoisotopic (exact) mass is 489 g/mol. The van der Waals surface area contributed by atoms with Crippen molar-refractivity contribution < 1.29 is 13.2 Å². The van der Waals surface area contributed by atoms with Crippen LogP contribution in [-0.4, -0.2) is 84.8 Å². The van der Waals surface area contributed by atoms with Gasteiger partial charge in [0.2, 0.25) is 5.91 Å². The van der Waals surface area contributed by atoms with Crippen molar-refractivity contribution in [2.24, 2.45) is 0 Å². The second kappa shape index (κ2) is 12.0. The number of sulfone groups is 1. The first kappa shape index (κ1) is 25.6. The van der Waals surface area contributed by atoms with E-state index in [2.05, 4.69) is 47.1 Å². The molecule has 2 saturated heterocycles. The summed E-state index contributed by atoms with van der Waals surface area (Å²) in [4.78, 5) is 20.8. The number of amides is 1. The highest BCUT2D eigenvalue weighted by molar-refractivity contribution is 7.91. The fourth-order valence-corrected chi connectivity index (χ4v) is 8.02. The second-order valence-electron chi connectivity index (χ2n) is 10.6. The van der Waals surface area contributed by atoms with Crippen LogP contribution in [0.15, 0.2) is 30.3 Å². The molecule has 1 aromatic carbocycles. The lowest BCUT2D eigenvalue weighted by molar-refractivity contribution is -0.138. The second-order valence-corrected chi connectivity index (χ2v) is 12.9. The minimum absolute atomic E-state index is 0.134. The van der Waals surface area contributed by atoms with Gasteiger partial charge in [-0.15, -0.1) is 0 Å². The number of hydrogen-bond donors (Lipinski definition) is 0. The normalized spacial score (nSPS) is 26.1. The third kappa shape index (κ3) is 6.82. The highest BCUT2D eigenvalue weighted by Crippen LogP contribution is 2.29. The molecule has 0 aromatic heterocycles. The Labute approximate surface area is 206 Å². The minimum atomic E-state index is -3.02. The van der Waals surface area contributed by atoms with Gasteiger partial charge in [-0.3, -0.25) is 14.6 Å². The van der Waals surface area contributed by atoms with Crippen molar-refractivity contribution in [2.75, 3.05) is 37.7 Å². The standard InChI is InChI=1S/C27H43N3O3S/c1-2-16-29(25-14-9-17-28(20-25)19-23-10-5-3-6-11-23)21-27(31)30(24-12-7-4-8-13-24)26-15-18-34(32,33)22-26/h3,5-6,10-11,24-26H,2,4,7-9,12-22H2,1H3. The number of benzene rings is 1. The molecule has 3 aliphatic rings. The van der Waals surface area contributed by atoms with E-state index in [-0.39, 0.29) is 29.5 Å². The summed E-state index contributed by atoms with van der Waals surface area (Å²) in [5.74, 6) is 0.531. The van der Waals surface area contributed by atoms with E-state index in [4.69, 9.17) is 0 Å². The van der Waals surface area contributed by atoms with E-state index in [0.717, 1.165) is 71.1 Å². The van der Waals surface area contributed by atoms with Crippen molar-refractivity contribution in [3.63, 3.8) is 0 Å². The van der Waals surface area contributed by atoms with Crippen LogP contribution in [0.25, 0.3) is 0 Å². The van der Waals surface area contributed by atoms with Crippen molar-refractivity contribution in [1.82, 2.24) is 14.7 Å². The first-order valence-corrected chi connectivity index (χ1v) is 15.3. The summed E-state index contributed by atoms with van der Waals surface area (Å²) in [7, 11) is -3.02. The van der Waals surface area contributed by atoms with E-state index in [1.165, 1.54) is 12.0 Å². The predicted octanol–water partition coefficient (Wildman–Crippen LogP) is 3.71. The van der Waals surface area contributed by atoms with Gasteiger partial charge in [0, 0.05) is 31.2 Å². The largest absolute Gasteiger partial charge is 0.335 e. The summed E-state index contributed by atoms with van der Waals surface area (Å²) >= 11 is 0. The number of rotatable bonds is 9. The number of carbonyl (C=O) groups excluding carboxylic acids is 1. The van der Waals surface area contributed by atoms with Crippen LogP contribution in [0.3, 0.4) is 0 Å². The summed E-state index contributed by atoms with van der Waals surface area (Å²) < 4.78 is 24.5. The Kier molecular flexibility index (Phi) is 9.05. The topological polar surface area (TPSA) is 60.9 Å². The van der Waals surface area contributed by atoms with Crippen molar-refractivity contribution >= 4 is 15.7 Å². The molecule has 3 fully saturated rings. The molecule has 0 N–H and O–H groups in total. The zero-order valence-electron chi connectivity index (χ0n) is 20.9. The molecule has 1 amide bonds. The van der Waals surface area contributed by atoms with Crippen molar-refractivity contribution in [1.29, 1.82) is 0 Å². The van der Waals surface area contributed by atoms with Gasteiger partial charge in [-0.05, 0) is 57.2 Å². The predicted molar refractivity (Wildman–Crippen MR) is 137 cm³/mol. The molecule has 6 nitrogen and oxygen atoms in total. The maximum Gasteiger partial charge on any atom is 0.237 e. The van der Waals surface area contributed by atoms with Gasteiger partial charge in [-0.2, -0.15) is 0 Å². The zero-order chi connectivity index (χ0) is 24.0. The number of likely N-dealkylation sites (tertiary alicyclic amines) is 1. The van der Waals surface area contributed by atoms with Gasteiger partial charge in [0.15, 0.2) is 9.84 Å². The SMILES string of the molecule is CCCN(CC(=O)N(C1CCCCC1)C1CCS(=O)(=O)C1)C1CCCN(Cc2ccccc2)C1. The van der Waals surface area contributed by atoms with Gasteiger partial charge in [0.1, 0.15) is 0 Å². The Hall–Kier alpha value is -1.44. The van der Waals surface area contributed by atoms with Gasteiger partial charge in [-0.1, -0.05) is 56.5 Å². The fourth-order valence-electron chi connectivity index (χ4n) is 6.31. The highest BCUT2D eigenvalue weighted by atomic mass is 32.2. The van der Waals surface area contributed by atoms with Crippen LogP contribution in [0.2, 0.25) is 0 Å². The van der Waals surface area contributed by atoms with E-state index < -0.39 is 9.84 Å². The van der Waals surface area contributed by atoms with E-state index in [0.29, 0.717) is 19.0 Å². The Morgan fingerprint density at radius 1 is 0.971 bits per heavy atom. The van der Waals surface area contributed by atoms with Crippen molar-refractivity contribution in [3.05, 3.63) is 35.9 Å². The maximum atomic E-state index is 13.8. The first-order chi connectivity index (χ1) is 16.4. The zero-order valence-corrected chi connectivity index (χ0v) is 21.7. The van der Waals surface area contributed by atoms with Crippen LogP contribution in [-0.2, 0) is 21.2 Å². The molecule has 0 bridgehead atoms. The van der Waals surface area contributed by atoms with E-state index in [1.807, 2.05) is 4.90 Å². The average Bonchev–Trinajstić information content (AvgIpc) is 3.19. The van der Waals surface area contributed by atoms with Crippen LogP contribution in [0.4, 0.5) is 0 Å². The van der Waals surface area contributed by atoms with E-state index in [1.54, 1.807) is 0 Å². The summed E-state index contributed by atoms with van der Waals surface area (Å²) in [5.41, 5.74) is 1.34. The Balaban J connectivity index is 1.44. The van der Waals surface area contributed by atoms with Gasteiger partial charge in [-0.25, -0.2) is 8.42 Å². The number of carbonyl (C=O) groups is 1. The molecule has 7 heteroatoms. The third-order valence-electron chi connectivity index (χ3n) is 7.95. The highest BCUT2D eigenvalue weighted by Gasteiger charge is 2.39. The van der Waals surface area contributed by atoms with Gasteiger partial charge in [0.05, 0.1) is 18.1 Å². The van der Waals surface area contributed by atoms with Gasteiger partial charge < -0.3 is 4.90 Å². The summed E-state index contributed by atoms with van der Waals surface area (Å²) in [5, 5.41) is 0. The lowest BCUT2D eigenvalue weighted by atomic mass is 9.92. The van der Waals surface area contributed by atoms with Crippen LogP contribution in [0, 0.1) is 0 Å². The summed E-state index contributed by atoms with van der Waals surface area (Å²) in [6, 6.07) is 11.1. The summed E-state index contributed by atoms with van der Waals surface area (Å²) in [6.45, 7) is 6.57. The molecule has 2 unspecified atom stereocenters. The van der Waals surface area contributed by atoms with Gasteiger partial charge in [0.25, 0.3) is 0 Å². The van der Waals surface area contributed by atoms with Gasteiger partial charge >= 0.3 is 0 Å². The van der Waals surface area contributed by atoms with E-state index >= 15 is 0 Å². The molecule has 0 radical (unpaired) electrons. The number of piperidine rings is 1. The van der Waals surface area contributed by atoms with Crippen molar-refractivity contribution in [3.8, 4) is 0 Å². The molecule has 190 valence electrons. The molecular weight excluding hydrogens is 446 g/mol. The minimum Gasteiger partial charge on any atom is -0.335 e. The van der Waals surface area contributed by atoms with Crippen LogP contribution < -0.4 is 0 Å². The molecule has 1 saturated carbocycles. The van der Waals surface area contributed by atoms with Crippen molar-refractivity contribution in [2.45, 2.75) is 89.4 Å². The molecule has 34 heavy (non-hydrogen) atoms. The smallest absolute Gasteiger partial charge is 0.237 e. The molecule has 2 aliphatic heterocycles. The van der Waals surface area contributed by atoms with E-state index in [9.17, 15) is 13.2 Å². The molecule has 2 atom stereocenters. The molecule has 1 aliphatic carbocycles. The maximum absolute atomic E-state index is 13.8. The van der Waals surface area contributed by atoms with Crippen LogP contribution in [0.5, 0.6) is 0 Å². The average molecular weight is 490 g/mol. The quantitative estimate of drug-likeness (QED) is 0.529.